The Hall–Kier alpha value is -3.55. The van der Waals surface area contributed by atoms with Gasteiger partial charge < -0.3 is 42.7 Å². The van der Waals surface area contributed by atoms with Crippen LogP contribution in [0.1, 0.15) is 25.8 Å². The van der Waals surface area contributed by atoms with Gasteiger partial charge in [-0.3, -0.25) is 19.2 Å². The summed E-state index contributed by atoms with van der Waals surface area (Å²) in [5.41, 5.74) is 11.8. The molecule has 10 N–H and O–H groups in total. The van der Waals surface area contributed by atoms with Crippen LogP contribution < -0.4 is 27.4 Å². The number of nitrogens with one attached hydrogen (secondary N) is 3. The number of hydrogen-bond acceptors (Lipinski definition) is 8. The van der Waals surface area contributed by atoms with Gasteiger partial charge in [0.15, 0.2) is 6.04 Å². The van der Waals surface area contributed by atoms with Crippen molar-refractivity contribution in [3.05, 3.63) is 35.9 Å². The van der Waals surface area contributed by atoms with Crippen molar-refractivity contribution < 1.29 is 39.3 Å². The molecule has 1 rings (SSSR count). The Bertz CT molecular complexity index is 877. The van der Waals surface area contributed by atoms with Gasteiger partial charge >= 0.3 is 5.97 Å². The van der Waals surface area contributed by atoms with Gasteiger partial charge in [0, 0.05) is 0 Å². The zero-order chi connectivity index (χ0) is 26.0. The highest BCUT2D eigenvalue weighted by molar-refractivity contribution is 5.96. The summed E-state index contributed by atoms with van der Waals surface area (Å²) in [6.45, 7) is 2.28. The summed E-state index contributed by atoms with van der Waals surface area (Å²) in [5, 5.41) is 35.0. The van der Waals surface area contributed by atoms with Gasteiger partial charge in [0.05, 0.1) is 24.7 Å². The van der Waals surface area contributed by atoms with E-state index in [9.17, 15) is 34.2 Å². The van der Waals surface area contributed by atoms with Crippen LogP contribution in [-0.2, 0) is 30.4 Å². The standard InChI is InChI=1S/C21H31N5O8/c1-10(27)16(20(32)26-17(11(2)28)21(33)34)25-19(31)14(9-15(23)29)24-18(30)13(22)8-12-6-4-3-5-7-12/h3-7,10-11,13-14,16-17,27-28H,8-9,22H2,1-2H3,(H2,23,29)(H,24,30)(H,25,31)(H,26,32)(H,33,34). The second kappa shape index (κ2) is 13.2. The molecule has 6 atom stereocenters. The highest BCUT2D eigenvalue weighted by Gasteiger charge is 2.34. The topological polar surface area (TPSA) is 234 Å². The molecule has 0 saturated heterocycles. The lowest BCUT2D eigenvalue weighted by molar-refractivity contribution is -0.146. The number of aliphatic hydroxyl groups is 2. The first kappa shape index (κ1) is 28.5. The fraction of sp³-hybridized carbons (Fsp3) is 0.476. The normalized spacial score (nSPS) is 16.1. The van der Waals surface area contributed by atoms with Crippen LogP contribution in [0.15, 0.2) is 30.3 Å². The molecule has 0 fully saturated rings. The van der Waals surface area contributed by atoms with Gasteiger partial charge in [-0.15, -0.1) is 0 Å². The number of carboxylic acids is 1. The molecule has 13 heteroatoms. The predicted molar refractivity (Wildman–Crippen MR) is 119 cm³/mol. The van der Waals surface area contributed by atoms with Crippen molar-refractivity contribution in [3.8, 4) is 0 Å². The highest BCUT2D eigenvalue weighted by atomic mass is 16.4. The maximum atomic E-state index is 12.7. The number of rotatable bonds is 13. The second-order valence-electron chi connectivity index (χ2n) is 7.82. The molecule has 1 aromatic rings. The summed E-state index contributed by atoms with van der Waals surface area (Å²) >= 11 is 0. The van der Waals surface area contributed by atoms with Crippen molar-refractivity contribution in [2.45, 2.75) is 63.1 Å². The molecular weight excluding hydrogens is 450 g/mol. The number of carboxylic acid groups (broad SMARTS) is 1. The number of aliphatic hydroxyl groups excluding tert-OH is 2. The van der Waals surface area contributed by atoms with E-state index in [0.29, 0.717) is 0 Å². The van der Waals surface area contributed by atoms with Crippen LogP contribution >= 0.6 is 0 Å². The van der Waals surface area contributed by atoms with Crippen LogP contribution in [0.25, 0.3) is 0 Å². The molecule has 0 saturated carbocycles. The third kappa shape index (κ3) is 9.13. The molecule has 13 nitrogen and oxygen atoms in total. The number of amides is 4. The Balaban J connectivity index is 2.93. The van der Waals surface area contributed by atoms with Gasteiger partial charge in [-0.05, 0) is 25.8 Å². The van der Waals surface area contributed by atoms with E-state index in [1.165, 1.54) is 0 Å². The Morgan fingerprint density at radius 2 is 1.38 bits per heavy atom. The number of carbonyl (C=O) groups is 5. The molecule has 0 bridgehead atoms. The zero-order valence-electron chi connectivity index (χ0n) is 18.8. The molecule has 0 heterocycles. The number of nitrogens with two attached hydrogens (primary N) is 2. The maximum Gasteiger partial charge on any atom is 0.328 e. The maximum absolute atomic E-state index is 12.7. The quantitative estimate of drug-likeness (QED) is 0.141. The third-order valence-corrected chi connectivity index (χ3v) is 4.78. The van der Waals surface area contributed by atoms with Gasteiger partial charge in [0.2, 0.25) is 23.6 Å². The average molecular weight is 482 g/mol. The van der Waals surface area contributed by atoms with Crippen LogP contribution in [0, 0.1) is 0 Å². The molecule has 0 aliphatic carbocycles. The minimum Gasteiger partial charge on any atom is -0.480 e. The van der Waals surface area contributed by atoms with E-state index in [1.54, 1.807) is 30.3 Å². The summed E-state index contributed by atoms with van der Waals surface area (Å²) in [6.07, 6.45) is -3.46. The second-order valence-corrected chi connectivity index (χ2v) is 7.82. The molecule has 34 heavy (non-hydrogen) atoms. The van der Waals surface area contributed by atoms with Crippen molar-refractivity contribution in [1.29, 1.82) is 0 Å². The largest absolute Gasteiger partial charge is 0.480 e. The lowest BCUT2D eigenvalue weighted by Gasteiger charge is -2.26. The molecule has 0 aromatic heterocycles. The van der Waals surface area contributed by atoms with Gasteiger partial charge in [0.1, 0.15) is 12.1 Å². The number of hydrogen-bond donors (Lipinski definition) is 8. The summed E-state index contributed by atoms with van der Waals surface area (Å²) < 4.78 is 0. The predicted octanol–water partition coefficient (Wildman–Crippen LogP) is -3.27. The Labute approximate surface area is 195 Å². The molecule has 0 spiro atoms. The van der Waals surface area contributed by atoms with E-state index in [-0.39, 0.29) is 6.42 Å². The Kier molecular flexibility index (Phi) is 11.1. The summed E-state index contributed by atoms with van der Waals surface area (Å²) in [5.74, 6) is -5.38. The molecule has 0 aliphatic heterocycles. The van der Waals surface area contributed by atoms with Crippen LogP contribution in [0.4, 0.5) is 0 Å². The minimum absolute atomic E-state index is 0.145. The minimum atomic E-state index is -1.71. The Morgan fingerprint density at radius 1 is 0.853 bits per heavy atom. The van der Waals surface area contributed by atoms with Crippen LogP contribution in [0.5, 0.6) is 0 Å². The molecule has 0 radical (unpaired) electrons. The third-order valence-electron chi connectivity index (χ3n) is 4.78. The number of carbonyl (C=O) groups excluding carboxylic acids is 4. The average Bonchev–Trinajstić information content (AvgIpc) is 2.74. The molecule has 6 unspecified atom stereocenters. The zero-order valence-corrected chi connectivity index (χ0v) is 18.8. The van der Waals surface area contributed by atoms with Gasteiger partial charge in [-0.1, -0.05) is 30.3 Å². The van der Waals surface area contributed by atoms with Crippen LogP contribution in [-0.4, -0.2) is 81.3 Å². The fourth-order valence-corrected chi connectivity index (χ4v) is 2.94. The van der Waals surface area contributed by atoms with Crippen molar-refractivity contribution in [3.63, 3.8) is 0 Å². The van der Waals surface area contributed by atoms with Crippen LogP contribution in [0.3, 0.4) is 0 Å². The Morgan fingerprint density at radius 3 is 1.85 bits per heavy atom. The lowest BCUT2D eigenvalue weighted by Crippen LogP contribution is -2.61. The summed E-state index contributed by atoms with van der Waals surface area (Å²) in [7, 11) is 0. The molecular formula is C21H31N5O8. The molecule has 0 aliphatic rings. The van der Waals surface area contributed by atoms with Gasteiger partial charge in [0.25, 0.3) is 0 Å². The van der Waals surface area contributed by atoms with E-state index >= 15 is 0 Å². The van der Waals surface area contributed by atoms with E-state index in [1.807, 2.05) is 5.32 Å². The van der Waals surface area contributed by atoms with E-state index in [2.05, 4.69) is 10.6 Å². The lowest BCUT2D eigenvalue weighted by atomic mass is 10.0. The van der Waals surface area contributed by atoms with Crippen molar-refractivity contribution in [2.75, 3.05) is 0 Å². The first-order chi connectivity index (χ1) is 15.8. The first-order valence-electron chi connectivity index (χ1n) is 10.4. The van der Waals surface area contributed by atoms with Crippen molar-refractivity contribution in [2.24, 2.45) is 11.5 Å². The number of primary amides is 1. The van der Waals surface area contributed by atoms with Crippen molar-refractivity contribution >= 4 is 29.6 Å². The highest BCUT2D eigenvalue weighted by Crippen LogP contribution is 2.04. The molecule has 188 valence electrons. The number of aliphatic carboxylic acids is 1. The SMILES string of the molecule is CC(O)C(NC(=O)C(NC(=O)C(CC(N)=O)NC(=O)C(N)Cc1ccccc1)C(C)O)C(=O)O. The molecule has 1 aromatic carbocycles. The van der Waals surface area contributed by atoms with E-state index in [0.717, 1.165) is 19.4 Å². The molecule has 4 amide bonds. The van der Waals surface area contributed by atoms with E-state index < -0.39 is 72.4 Å². The summed E-state index contributed by atoms with van der Waals surface area (Å²) in [4.78, 5) is 60.3. The van der Waals surface area contributed by atoms with Crippen LogP contribution in [0.2, 0.25) is 0 Å². The van der Waals surface area contributed by atoms with Gasteiger partial charge in [-0.25, -0.2) is 4.79 Å². The van der Waals surface area contributed by atoms with E-state index in [4.69, 9.17) is 16.6 Å². The summed E-state index contributed by atoms with van der Waals surface area (Å²) in [6, 6.07) is 2.86. The fourth-order valence-electron chi connectivity index (χ4n) is 2.94. The van der Waals surface area contributed by atoms with Gasteiger partial charge in [-0.2, -0.15) is 0 Å². The smallest absolute Gasteiger partial charge is 0.328 e. The van der Waals surface area contributed by atoms with Crippen molar-refractivity contribution in [1.82, 2.24) is 16.0 Å². The number of benzene rings is 1. The monoisotopic (exact) mass is 481 g/mol. The first-order valence-corrected chi connectivity index (χ1v) is 10.4.